The first-order valence-corrected chi connectivity index (χ1v) is 10.7. The number of nitrogens with zero attached hydrogens (tertiary/aromatic N) is 1. The van der Waals surface area contributed by atoms with E-state index >= 15 is 0 Å². The number of para-hydroxylation sites is 1. The molecule has 162 valence electrons. The Morgan fingerprint density at radius 2 is 1.78 bits per heavy atom. The summed E-state index contributed by atoms with van der Waals surface area (Å²) < 4.78 is 24.2. The quantitative estimate of drug-likeness (QED) is 0.396. The minimum Gasteiger partial charge on any atom is -0.493 e. The summed E-state index contributed by atoms with van der Waals surface area (Å²) in [5.74, 6) is 0.211. The number of hydrogen-bond acceptors (Lipinski definition) is 5. The molecule has 0 atom stereocenters. The van der Waals surface area contributed by atoms with Gasteiger partial charge in [0.25, 0.3) is 11.1 Å². The normalized spacial score (nSPS) is 14.8. The van der Waals surface area contributed by atoms with Crippen molar-refractivity contribution in [2.45, 2.75) is 6.61 Å². The number of thioether (sulfide) groups is 1. The lowest BCUT2D eigenvalue weighted by Crippen LogP contribution is -2.27. The lowest BCUT2D eigenvalue weighted by Gasteiger charge is -2.13. The van der Waals surface area contributed by atoms with Crippen molar-refractivity contribution in [1.29, 1.82) is 0 Å². The summed E-state index contributed by atoms with van der Waals surface area (Å²) in [6.07, 6.45) is 1.62. The molecule has 0 aliphatic carbocycles. The molecule has 5 nitrogen and oxygen atoms in total. The van der Waals surface area contributed by atoms with Crippen LogP contribution in [0.25, 0.3) is 6.08 Å². The van der Waals surface area contributed by atoms with Gasteiger partial charge in [-0.25, -0.2) is 9.29 Å². The fraction of sp³-hybridized carbons (Fsp3) is 0.0833. The Balaban J connectivity index is 1.54. The smallest absolute Gasteiger partial charge is 0.298 e. The van der Waals surface area contributed by atoms with Crippen molar-refractivity contribution in [1.82, 2.24) is 0 Å². The number of amides is 2. The predicted octanol–water partition coefficient (Wildman–Crippen LogP) is 6.31. The molecule has 8 heteroatoms. The number of methoxy groups -OCH3 is 1. The highest BCUT2D eigenvalue weighted by molar-refractivity contribution is 8.19. The van der Waals surface area contributed by atoms with Gasteiger partial charge < -0.3 is 9.47 Å². The molecule has 0 spiro atoms. The van der Waals surface area contributed by atoms with E-state index in [4.69, 9.17) is 21.1 Å². The first-order chi connectivity index (χ1) is 15.5. The summed E-state index contributed by atoms with van der Waals surface area (Å²) in [5.41, 5.74) is 1.83. The van der Waals surface area contributed by atoms with Crippen LogP contribution in [0.2, 0.25) is 5.02 Å². The zero-order valence-electron chi connectivity index (χ0n) is 16.9. The van der Waals surface area contributed by atoms with Gasteiger partial charge in [0.2, 0.25) is 0 Å². The average Bonchev–Trinajstić information content (AvgIpc) is 3.07. The van der Waals surface area contributed by atoms with Crippen molar-refractivity contribution in [2.24, 2.45) is 0 Å². The first-order valence-electron chi connectivity index (χ1n) is 9.54. The Morgan fingerprint density at radius 1 is 1.03 bits per heavy atom. The lowest BCUT2D eigenvalue weighted by atomic mass is 10.1. The number of benzene rings is 3. The average molecular weight is 470 g/mol. The van der Waals surface area contributed by atoms with Crippen molar-refractivity contribution in [2.75, 3.05) is 12.0 Å². The van der Waals surface area contributed by atoms with Crippen LogP contribution < -0.4 is 14.4 Å². The third kappa shape index (κ3) is 4.64. The molecule has 0 saturated carbocycles. The van der Waals surface area contributed by atoms with Gasteiger partial charge in [0.05, 0.1) is 22.7 Å². The minimum absolute atomic E-state index is 0.243. The number of carbonyl (C=O) groups is 2. The van der Waals surface area contributed by atoms with Gasteiger partial charge in [-0.3, -0.25) is 9.59 Å². The molecule has 0 bridgehead atoms. The molecule has 0 aromatic heterocycles. The van der Waals surface area contributed by atoms with Crippen LogP contribution in [0.1, 0.15) is 11.1 Å². The Morgan fingerprint density at radius 3 is 2.50 bits per heavy atom. The van der Waals surface area contributed by atoms with Gasteiger partial charge in [-0.15, -0.1) is 0 Å². The number of ether oxygens (including phenoxy) is 2. The summed E-state index contributed by atoms with van der Waals surface area (Å²) in [5, 5.41) is -0.0964. The molecule has 4 rings (SSSR count). The van der Waals surface area contributed by atoms with Crippen molar-refractivity contribution >= 4 is 46.3 Å². The van der Waals surface area contributed by atoms with Crippen molar-refractivity contribution in [3.05, 3.63) is 93.6 Å². The molecule has 3 aromatic rings. The maximum Gasteiger partial charge on any atom is 0.298 e. The maximum atomic E-state index is 13.0. The Hall–Kier alpha value is -3.29. The zero-order chi connectivity index (χ0) is 22.7. The Kier molecular flexibility index (Phi) is 6.48. The van der Waals surface area contributed by atoms with E-state index in [0.29, 0.717) is 27.8 Å². The molecule has 2 amide bonds. The van der Waals surface area contributed by atoms with Crippen molar-refractivity contribution in [3.8, 4) is 11.5 Å². The molecule has 32 heavy (non-hydrogen) atoms. The number of halogens is 2. The number of hydrogen-bond donors (Lipinski definition) is 0. The second kappa shape index (κ2) is 9.46. The summed E-state index contributed by atoms with van der Waals surface area (Å²) in [7, 11) is 1.51. The topological polar surface area (TPSA) is 55.8 Å². The molecular weight excluding hydrogens is 453 g/mol. The summed E-state index contributed by atoms with van der Waals surface area (Å²) in [6, 6.07) is 17.9. The largest absolute Gasteiger partial charge is 0.493 e. The molecule has 0 radical (unpaired) electrons. The number of imide groups is 1. The van der Waals surface area contributed by atoms with Crippen LogP contribution in [-0.4, -0.2) is 18.3 Å². The van der Waals surface area contributed by atoms with E-state index in [-0.39, 0.29) is 17.3 Å². The highest BCUT2D eigenvalue weighted by Crippen LogP contribution is 2.39. The molecule has 1 aliphatic heterocycles. The van der Waals surface area contributed by atoms with E-state index in [1.54, 1.807) is 60.7 Å². The molecule has 0 N–H and O–H groups in total. The molecule has 1 saturated heterocycles. The van der Waals surface area contributed by atoms with Gasteiger partial charge in [-0.2, -0.15) is 0 Å². The van der Waals surface area contributed by atoms with E-state index in [0.717, 1.165) is 22.2 Å². The van der Waals surface area contributed by atoms with Crippen LogP contribution in [0, 0.1) is 5.82 Å². The number of anilines is 1. The molecule has 3 aromatic carbocycles. The van der Waals surface area contributed by atoms with E-state index in [2.05, 4.69) is 0 Å². The summed E-state index contributed by atoms with van der Waals surface area (Å²) in [6.45, 7) is 0.243. The molecule has 0 unspecified atom stereocenters. The van der Waals surface area contributed by atoms with Crippen LogP contribution in [0.4, 0.5) is 14.9 Å². The van der Waals surface area contributed by atoms with Gasteiger partial charge in [-0.1, -0.05) is 41.9 Å². The summed E-state index contributed by atoms with van der Waals surface area (Å²) >= 11 is 7.00. The fourth-order valence-electron chi connectivity index (χ4n) is 3.09. The third-order valence-corrected chi connectivity index (χ3v) is 5.87. The van der Waals surface area contributed by atoms with E-state index in [1.807, 2.05) is 0 Å². The maximum absolute atomic E-state index is 13.0. The summed E-state index contributed by atoms with van der Waals surface area (Å²) in [4.78, 5) is 26.6. The fourth-order valence-corrected chi connectivity index (χ4v) is 4.15. The third-order valence-electron chi connectivity index (χ3n) is 4.68. The lowest BCUT2D eigenvalue weighted by molar-refractivity contribution is -0.113. The number of carbonyl (C=O) groups excluding carboxylic acids is 2. The predicted molar refractivity (Wildman–Crippen MR) is 124 cm³/mol. The van der Waals surface area contributed by atoms with Crippen molar-refractivity contribution in [3.63, 3.8) is 0 Å². The standard InChI is InChI=1S/C24H17ClFNO4S/c1-30-21-12-16(8-11-20(21)31-14-15-6-9-17(26)10-7-15)13-22-23(28)27(24(29)32-22)19-5-3-2-4-18(19)25/h2-13H,14H2,1H3/b22-13-. The van der Waals surface area contributed by atoms with Crippen LogP contribution in [0.3, 0.4) is 0 Å². The van der Waals surface area contributed by atoms with Gasteiger partial charge in [0, 0.05) is 0 Å². The molecule has 1 aliphatic rings. The zero-order valence-corrected chi connectivity index (χ0v) is 18.5. The van der Waals surface area contributed by atoms with Crippen molar-refractivity contribution < 1.29 is 23.5 Å². The van der Waals surface area contributed by atoms with Crippen LogP contribution in [0.5, 0.6) is 11.5 Å². The van der Waals surface area contributed by atoms with Gasteiger partial charge in [0.1, 0.15) is 12.4 Å². The highest BCUT2D eigenvalue weighted by atomic mass is 35.5. The monoisotopic (exact) mass is 469 g/mol. The minimum atomic E-state index is -0.441. The van der Waals surface area contributed by atoms with Gasteiger partial charge in [0.15, 0.2) is 11.5 Å². The molecule has 1 fully saturated rings. The SMILES string of the molecule is COc1cc(/C=C2\SC(=O)N(c3ccccc3Cl)C2=O)ccc1OCc1ccc(F)cc1. The second-order valence-corrected chi connectivity index (χ2v) is 8.19. The second-order valence-electron chi connectivity index (χ2n) is 6.79. The van der Waals surface area contributed by atoms with Gasteiger partial charge in [-0.05, 0) is 65.4 Å². The molecule has 1 heterocycles. The van der Waals surface area contributed by atoms with Crippen LogP contribution >= 0.6 is 23.4 Å². The van der Waals surface area contributed by atoms with Crippen LogP contribution in [-0.2, 0) is 11.4 Å². The van der Waals surface area contributed by atoms with E-state index in [9.17, 15) is 14.0 Å². The Bertz CT molecular complexity index is 1210. The molecular formula is C24H17ClFNO4S. The first kappa shape index (κ1) is 21.9. The van der Waals surface area contributed by atoms with E-state index in [1.165, 1.54) is 19.2 Å². The van der Waals surface area contributed by atoms with Crippen LogP contribution in [0.15, 0.2) is 71.6 Å². The Labute approximate surface area is 193 Å². The number of rotatable bonds is 6. The van der Waals surface area contributed by atoms with E-state index < -0.39 is 11.1 Å². The highest BCUT2D eigenvalue weighted by Gasteiger charge is 2.37. The van der Waals surface area contributed by atoms with Gasteiger partial charge >= 0.3 is 0 Å².